The molecule has 5 heteroatoms. The third kappa shape index (κ3) is 2.62. The molecule has 0 radical (unpaired) electrons. The van der Waals surface area contributed by atoms with Crippen molar-refractivity contribution in [2.45, 2.75) is 31.2 Å². The van der Waals surface area contributed by atoms with Gasteiger partial charge in [-0.15, -0.1) is 0 Å². The van der Waals surface area contributed by atoms with Gasteiger partial charge in [0, 0.05) is 29.7 Å². The molecule has 2 N–H and O–H groups in total. The van der Waals surface area contributed by atoms with Crippen LogP contribution in [0.2, 0.25) is 0 Å². The number of carbonyl (C=O) groups excluding carboxylic acids is 1. The lowest BCUT2D eigenvalue weighted by Crippen LogP contribution is -2.54. The van der Waals surface area contributed by atoms with Gasteiger partial charge in [-0.25, -0.2) is 4.79 Å². The summed E-state index contributed by atoms with van der Waals surface area (Å²) in [6, 6.07) is 14.9. The van der Waals surface area contributed by atoms with Crippen LogP contribution in [0.4, 0.5) is 0 Å². The van der Waals surface area contributed by atoms with Crippen LogP contribution in [0.25, 0.3) is 10.9 Å². The van der Waals surface area contributed by atoms with Crippen molar-refractivity contribution < 1.29 is 14.7 Å². The van der Waals surface area contributed by atoms with Crippen molar-refractivity contribution in [3.05, 3.63) is 71.4 Å². The second kappa shape index (κ2) is 6.27. The van der Waals surface area contributed by atoms with E-state index in [4.69, 9.17) is 0 Å². The molecule has 138 valence electrons. The Balaban J connectivity index is 1.80. The molecule has 5 nitrogen and oxygen atoms in total. The van der Waals surface area contributed by atoms with Crippen molar-refractivity contribution in [3.8, 4) is 0 Å². The largest absolute Gasteiger partial charge is 0.479 e. The number of carboxylic acids is 1. The van der Waals surface area contributed by atoms with E-state index in [0.29, 0.717) is 24.0 Å². The molecule has 0 aliphatic heterocycles. The Morgan fingerprint density at radius 2 is 1.93 bits per heavy atom. The molecule has 3 aromatic rings. The molecule has 0 saturated heterocycles. The van der Waals surface area contributed by atoms with Gasteiger partial charge in [0.05, 0.1) is 0 Å². The standard InChI is InChI=1S/C22H22N2O3/c1-14-10-12-22(21(26)27,18-8-4-3-6-15(14)18)23-20(25)17-7-5-9-19-16(17)11-13-24(19)2/h3-9,11,13-14H,10,12H2,1-2H3,(H,23,25)(H,26,27). The topological polar surface area (TPSA) is 71.3 Å². The van der Waals surface area contributed by atoms with Crippen molar-refractivity contribution in [2.24, 2.45) is 7.05 Å². The molecule has 2 unspecified atom stereocenters. The summed E-state index contributed by atoms with van der Waals surface area (Å²) >= 11 is 0. The van der Waals surface area contributed by atoms with E-state index in [0.717, 1.165) is 16.5 Å². The monoisotopic (exact) mass is 362 g/mol. The number of benzene rings is 2. The average Bonchev–Trinajstić information content (AvgIpc) is 3.05. The highest BCUT2D eigenvalue weighted by Crippen LogP contribution is 2.41. The smallest absolute Gasteiger partial charge is 0.334 e. The summed E-state index contributed by atoms with van der Waals surface area (Å²) in [6.45, 7) is 2.09. The summed E-state index contributed by atoms with van der Waals surface area (Å²) in [5.74, 6) is -1.11. The summed E-state index contributed by atoms with van der Waals surface area (Å²) in [7, 11) is 1.92. The van der Waals surface area contributed by atoms with Crippen molar-refractivity contribution in [3.63, 3.8) is 0 Å². The van der Waals surface area contributed by atoms with Crippen molar-refractivity contribution in [1.82, 2.24) is 9.88 Å². The first-order valence-corrected chi connectivity index (χ1v) is 9.13. The van der Waals surface area contributed by atoms with Crippen molar-refractivity contribution >= 4 is 22.8 Å². The van der Waals surface area contributed by atoms with Gasteiger partial charge in [-0.1, -0.05) is 37.3 Å². The van der Waals surface area contributed by atoms with Gasteiger partial charge in [0.15, 0.2) is 5.54 Å². The van der Waals surface area contributed by atoms with E-state index in [9.17, 15) is 14.7 Å². The zero-order chi connectivity index (χ0) is 19.2. The van der Waals surface area contributed by atoms with Gasteiger partial charge < -0.3 is 15.0 Å². The van der Waals surface area contributed by atoms with E-state index >= 15 is 0 Å². The fourth-order valence-corrected chi connectivity index (χ4v) is 4.21. The van der Waals surface area contributed by atoms with Gasteiger partial charge >= 0.3 is 5.97 Å². The fraction of sp³-hybridized carbons (Fsp3) is 0.273. The Labute approximate surface area is 157 Å². The molecule has 2 atom stereocenters. The van der Waals surface area contributed by atoms with Gasteiger partial charge in [-0.2, -0.15) is 0 Å². The van der Waals surface area contributed by atoms with E-state index in [2.05, 4.69) is 12.2 Å². The molecule has 1 aliphatic rings. The molecule has 0 fully saturated rings. The molecule has 1 amide bonds. The maximum Gasteiger partial charge on any atom is 0.334 e. The molecule has 2 aromatic carbocycles. The molecule has 4 rings (SSSR count). The third-order valence-electron chi connectivity index (χ3n) is 5.77. The third-order valence-corrected chi connectivity index (χ3v) is 5.77. The lowest BCUT2D eigenvalue weighted by Gasteiger charge is -2.38. The first-order chi connectivity index (χ1) is 12.9. The van der Waals surface area contributed by atoms with Crippen LogP contribution in [0.5, 0.6) is 0 Å². The molecule has 0 saturated carbocycles. The number of nitrogens with one attached hydrogen (secondary N) is 1. The average molecular weight is 362 g/mol. The second-order valence-electron chi connectivity index (χ2n) is 7.36. The molecular formula is C22H22N2O3. The lowest BCUT2D eigenvalue weighted by molar-refractivity contribution is -0.145. The van der Waals surface area contributed by atoms with Gasteiger partial charge in [0.25, 0.3) is 5.91 Å². The van der Waals surface area contributed by atoms with Crippen LogP contribution < -0.4 is 5.32 Å². The van der Waals surface area contributed by atoms with Gasteiger partial charge in [-0.05, 0) is 48.1 Å². The maximum atomic E-state index is 13.2. The number of nitrogens with zero attached hydrogens (tertiary/aromatic N) is 1. The van der Waals surface area contributed by atoms with E-state index in [1.165, 1.54) is 0 Å². The first kappa shape index (κ1) is 17.3. The number of aryl methyl sites for hydroxylation is 1. The molecule has 0 bridgehead atoms. The quantitative estimate of drug-likeness (QED) is 0.745. The Hall–Kier alpha value is -3.08. The fourth-order valence-electron chi connectivity index (χ4n) is 4.21. The zero-order valence-corrected chi connectivity index (χ0v) is 15.4. The highest BCUT2D eigenvalue weighted by molar-refractivity contribution is 6.08. The summed E-state index contributed by atoms with van der Waals surface area (Å²) in [5.41, 5.74) is 1.70. The van der Waals surface area contributed by atoms with Gasteiger partial charge in [0.2, 0.25) is 0 Å². The molecule has 27 heavy (non-hydrogen) atoms. The summed E-state index contributed by atoms with van der Waals surface area (Å²) in [4.78, 5) is 25.5. The molecular weight excluding hydrogens is 340 g/mol. The van der Waals surface area contributed by atoms with E-state index < -0.39 is 11.5 Å². The van der Waals surface area contributed by atoms with E-state index in [1.54, 1.807) is 6.07 Å². The minimum atomic E-state index is -1.41. The number of hydrogen-bond acceptors (Lipinski definition) is 2. The molecule has 1 heterocycles. The van der Waals surface area contributed by atoms with Crippen LogP contribution in [0.15, 0.2) is 54.7 Å². The Bertz CT molecular complexity index is 1050. The minimum absolute atomic E-state index is 0.267. The first-order valence-electron chi connectivity index (χ1n) is 9.13. The number of aromatic nitrogens is 1. The van der Waals surface area contributed by atoms with Crippen LogP contribution >= 0.6 is 0 Å². The Kier molecular flexibility index (Phi) is 4.02. The maximum absolute atomic E-state index is 13.2. The lowest BCUT2D eigenvalue weighted by atomic mass is 9.72. The van der Waals surface area contributed by atoms with Crippen LogP contribution in [0.3, 0.4) is 0 Å². The van der Waals surface area contributed by atoms with E-state index in [-0.39, 0.29) is 11.8 Å². The number of rotatable bonds is 3. The molecule has 0 spiro atoms. The molecule has 1 aromatic heterocycles. The van der Waals surface area contributed by atoms with Gasteiger partial charge in [0.1, 0.15) is 0 Å². The highest BCUT2D eigenvalue weighted by atomic mass is 16.4. The highest BCUT2D eigenvalue weighted by Gasteiger charge is 2.46. The van der Waals surface area contributed by atoms with Crippen LogP contribution in [-0.4, -0.2) is 21.6 Å². The number of carboxylic acid groups (broad SMARTS) is 1. The molecule has 1 aliphatic carbocycles. The predicted octanol–water partition coefficient (Wildman–Crippen LogP) is 3.79. The van der Waals surface area contributed by atoms with Crippen molar-refractivity contribution in [2.75, 3.05) is 0 Å². The minimum Gasteiger partial charge on any atom is -0.479 e. The predicted molar refractivity (Wildman–Crippen MR) is 104 cm³/mol. The number of aliphatic carboxylic acids is 1. The van der Waals surface area contributed by atoms with Crippen LogP contribution in [0, 0.1) is 0 Å². The normalized spacial score (nSPS) is 21.6. The Morgan fingerprint density at radius 3 is 2.70 bits per heavy atom. The number of amides is 1. The van der Waals surface area contributed by atoms with Crippen LogP contribution in [0.1, 0.15) is 47.2 Å². The van der Waals surface area contributed by atoms with E-state index in [1.807, 2.05) is 60.3 Å². The summed E-state index contributed by atoms with van der Waals surface area (Å²) in [5, 5.41) is 13.8. The summed E-state index contributed by atoms with van der Waals surface area (Å²) in [6.07, 6.45) is 2.97. The number of hydrogen-bond donors (Lipinski definition) is 2. The van der Waals surface area contributed by atoms with Crippen molar-refractivity contribution in [1.29, 1.82) is 0 Å². The Morgan fingerprint density at radius 1 is 1.15 bits per heavy atom. The zero-order valence-electron chi connectivity index (χ0n) is 15.4. The number of carbonyl (C=O) groups is 2. The van der Waals surface area contributed by atoms with Crippen LogP contribution in [-0.2, 0) is 17.4 Å². The van der Waals surface area contributed by atoms with Gasteiger partial charge in [-0.3, -0.25) is 4.79 Å². The number of fused-ring (bicyclic) bond motifs is 2. The summed E-state index contributed by atoms with van der Waals surface area (Å²) < 4.78 is 1.94. The SMILES string of the molecule is CC1CCC(NC(=O)c2cccc3c2ccn3C)(C(=O)O)c2ccccc21. The second-order valence-corrected chi connectivity index (χ2v) is 7.36.